The van der Waals surface area contributed by atoms with E-state index in [-0.39, 0.29) is 0 Å². The summed E-state index contributed by atoms with van der Waals surface area (Å²) in [4.78, 5) is 4.07. The minimum Gasteiger partial charge on any atom is -0.311 e. The molecule has 1 N–H and O–H groups in total. The Morgan fingerprint density at radius 2 is 2.31 bits per heavy atom. The predicted molar refractivity (Wildman–Crippen MR) is 61.2 cm³/mol. The lowest BCUT2D eigenvalue weighted by Crippen LogP contribution is -2.16. The van der Waals surface area contributed by atoms with E-state index in [2.05, 4.69) is 27.5 Å². The SMILES string of the molecule is CCCNCc1cnnn1-c1cccnc1. The zero-order valence-electron chi connectivity index (χ0n) is 9.30. The quantitative estimate of drug-likeness (QED) is 0.764. The van der Waals surface area contributed by atoms with E-state index >= 15 is 0 Å². The molecule has 16 heavy (non-hydrogen) atoms. The summed E-state index contributed by atoms with van der Waals surface area (Å²) in [5.74, 6) is 0. The van der Waals surface area contributed by atoms with Crippen LogP contribution in [-0.2, 0) is 6.54 Å². The molecule has 0 spiro atoms. The zero-order valence-corrected chi connectivity index (χ0v) is 9.30. The van der Waals surface area contributed by atoms with Crippen molar-refractivity contribution < 1.29 is 0 Å². The van der Waals surface area contributed by atoms with Crippen LogP contribution < -0.4 is 5.32 Å². The molecule has 2 aromatic heterocycles. The van der Waals surface area contributed by atoms with Crippen LogP contribution in [-0.4, -0.2) is 26.5 Å². The first-order chi connectivity index (χ1) is 7.92. The van der Waals surface area contributed by atoms with Gasteiger partial charge in [0.1, 0.15) is 0 Å². The molecule has 0 saturated carbocycles. The Balaban J connectivity index is 2.13. The molecule has 2 aromatic rings. The lowest BCUT2D eigenvalue weighted by atomic mass is 10.4. The van der Waals surface area contributed by atoms with Crippen molar-refractivity contribution >= 4 is 0 Å². The van der Waals surface area contributed by atoms with Crippen LogP contribution in [0.5, 0.6) is 0 Å². The van der Waals surface area contributed by atoms with Crippen LogP contribution in [0.2, 0.25) is 0 Å². The summed E-state index contributed by atoms with van der Waals surface area (Å²) < 4.78 is 1.80. The molecule has 0 radical (unpaired) electrons. The standard InChI is InChI=1S/C11H15N5/c1-2-5-12-8-11-9-14-15-16(11)10-4-3-6-13-7-10/h3-4,6-7,9,12H,2,5,8H2,1H3. The van der Waals surface area contributed by atoms with Crippen molar-refractivity contribution in [2.75, 3.05) is 6.54 Å². The van der Waals surface area contributed by atoms with Gasteiger partial charge in [-0.1, -0.05) is 12.1 Å². The minimum absolute atomic E-state index is 0.774. The zero-order chi connectivity index (χ0) is 11.2. The highest BCUT2D eigenvalue weighted by atomic mass is 15.4. The summed E-state index contributed by atoms with van der Waals surface area (Å²) in [7, 11) is 0. The van der Waals surface area contributed by atoms with Gasteiger partial charge >= 0.3 is 0 Å². The fraction of sp³-hybridized carbons (Fsp3) is 0.364. The molecule has 2 rings (SSSR count). The van der Waals surface area contributed by atoms with Crippen molar-refractivity contribution in [1.82, 2.24) is 25.3 Å². The third kappa shape index (κ3) is 2.43. The summed E-state index contributed by atoms with van der Waals surface area (Å²) in [6.07, 6.45) is 6.41. The number of pyridine rings is 1. The molecule has 5 nitrogen and oxygen atoms in total. The normalized spacial score (nSPS) is 10.6. The van der Waals surface area contributed by atoms with E-state index in [1.165, 1.54) is 0 Å². The average Bonchev–Trinajstić information content (AvgIpc) is 2.79. The van der Waals surface area contributed by atoms with Gasteiger partial charge in [-0.25, -0.2) is 4.68 Å². The first-order valence-electron chi connectivity index (χ1n) is 5.42. The lowest BCUT2D eigenvalue weighted by molar-refractivity contribution is 0.640. The van der Waals surface area contributed by atoms with Crippen molar-refractivity contribution in [3.8, 4) is 5.69 Å². The maximum absolute atomic E-state index is 4.07. The van der Waals surface area contributed by atoms with E-state index in [1.807, 2.05) is 12.1 Å². The van der Waals surface area contributed by atoms with Crippen molar-refractivity contribution in [1.29, 1.82) is 0 Å². The van der Waals surface area contributed by atoms with Gasteiger partial charge in [0.25, 0.3) is 0 Å². The molecule has 0 aliphatic carbocycles. The van der Waals surface area contributed by atoms with Gasteiger partial charge in [0.05, 0.1) is 23.8 Å². The number of aromatic nitrogens is 4. The minimum atomic E-state index is 0.774. The van der Waals surface area contributed by atoms with Gasteiger partial charge in [-0.05, 0) is 25.1 Å². The van der Waals surface area contributed by atoms with Crippen molar-refractivity contribution in [2.24, 2.45) is 0 Å². The van der Waals surface area contributed by atoms with Crippen LogP contribution in [0.4, 0.5) is 0 Å². The number of nitrogens with one attached hydrogen (secondary N) is 1. The Morgan fingerprint density at radius 3 is 3.06 bits per heavy atom. The molecule has 0 amide bonds. The Kier molecular flexibility index (Phi) is 3.61. The second kappa shape index (κ2) is 5.37. The summed E-state index contributed by atoms with van der Waals surface area (Å²) in [6.45, 7) is 3.91. The van der Waals surface area contributed by atoms with Crippen molar-refractivity contribution in [3.63, 3.8) is 0 Å². The van der Waals surface area contributed by atoms with Crippen LogP contribution >= 0.6 is 0 Å². The molecule has 2 heterocycles. The molecule has 0 saturated heterocycles. The second-order valence-electron chi connectivity index (χ2n) is 3.53. The number of nitrogens with zero attached hydrogens (tertiary/aromatic N) is 4. The van der Waals surface area contributed by atoms with E-state index in [4.69, 9.17) is 0 Å². The number of hydrogen-bond acceptors (Lipinski definition) is 4. The Morgan fingerprint density at radius 1 is 1.38 bits per heavy atom. The van der Waals surface area contributed by atoms with Gasteiger partial charge in [0, 0.05) is 12.7 Å². The largest absolute Gasteiger partial charge is 0.311 e. The molecular weight excluding hydrogens is 202 g/mol. The highest BCUT2D eigenvalue weighted by Gasteiger charge is 2.04. The van der Waals surface area contributed by atoms with Crippen molar-refractivity contribution in [2.45, 2.75) is 19.9 Å². The molecular formula is C11H15N5. The molecule has 84 valence electrons. The fourth-order valence-corrected chi connectivity index (χ4v) is 1.47. The summed E-state index contributed by atoms with van der Waals surface area (Å²) in [5.41, 5.74) is 1.98. The summed E-state index contributed by atoms with van der Waals surface area (Å²) in [5, 5.41) is 11.3. The van der Waals surface area contributed by atoms with Gasteiger partial charge < -0.3 is 5.32 Å². The third-order valence-corrected chi connectivity index (χ3v) is 2.24. The van der Waals surface area contributed by atoms with E-state index < -0.39 is 0 Å². The fourth-order valence-electron chi connectivity index (χ4n) is 1.47. The molecule has 0 unspecified atom stereocenters. The average molecular weight is 217 g/mol. The van der Waals surface area contributed by atoms with E-state index in [1.54, 1.807) is 23.3 Å². The monoisotopic (exact) mass is 217 g/mol. The summed E-state index contributed by atoms with van der Waals surface area (Å²) in [6, 6.07) is 3.85. The Hall–Kier alpha value is -1.75. The van der Waals surface area contributed by atoms with E-state index in [0.29, 0.717) is 0 Å². The summed E-state index contributed by atoms with van der Waals surface area (Å²) >= 11 is 0. The van der Waals surface area contributed by atoms with Crippen LogP contribution in [0.1, 0.15) is 19.0 Å². The van der Waals surface area contributed by atoms with E-state index in [0.717, 1.165) is 30.9 Å². The molecule has 5 heteroatoms. The van der Waals surface area contributed by atoms with Gasteiger partial charge in [0.15, 0.2) is 0 Å². The first kappa shape index (κ1) is 10.8. The number of hydrogen-bond donors (Lipinski definition) is 1. The maximum atomic E-state index is 4.07. The van der Waals surface area contributed by atoms with Crippen LogP contribution in [0.25, 0.3) is 5.69 Å². The Bertz CT molecular complexity index is 423. The maximum Gasteiger partial charge on any atom is 0.0850 e. The van der Waals surface area contributed by atoms with Crippen LogP contribution in [0.15, 0.2) is 30.7 Å². The Labute approximate surface area is 94.5 Å². The van der Waals surface area contributed by atoms with Crippen molar-refractivity contribution in [3.05, 3.63) is 36.4 Å². The smallest absolute Gasteiger partial charge is 0.0850 e. The topological polar surface area (TPSA) is 55.6 Å². The molecule has 0 bridgehead atoms. The molecule has 0 aromatic carbocycles. The number of rotatable bonds is 5. The highest BCUT2D eigenvalue weighted by Crippen LogP contribution is 2.06. The van der Waals surface area contributed by atoms with E-state index in [9.17, 15) is 0 Å². The third-order valence-electron chi connectivity index (χ3n) is 2.24. The highest BCUT2D eigenvalue weighted by molar-refractivity contribution is 5.27. The molecule has 0 aliphatic heterocycles. The van der Waals surface area contributed by atoms with Gasteiger partial charge in [-0.3, -0.25) is 4.98 Å². The van der Waals surface area contributed by atoms with Crippen LogP contribution in [0.3, 0.4) is 0 Å². The van der Waals surface area contributed by atoms with Gasteiger partial charge in [0.2, 0.25) is 0 Å². The lowest BCUT2D eigenvalue weighted by Gasteiger charge is -2.05. The van der Waals surface area contributed by atoms with Gasteiger partial charge in [-0.2, -0.15) is 0 Å². The first-order valence-corrected chi connectivity index (χ1v) is 5.42. The molecule has 0 atom stereocenters. The predicted octanol–water partition coefficient (Wildman–Crippen LogP) is 1.16. The second-order valence-corrected chi connectivity index (χ2v) is 3.53. The van der Waals surface area contributed by atoms with Crippen LogP contribution in [0, 0.1) is 0 Å². The molecule has 0 aliphatic rings. The van der Waals surface area contributed by atoms with Gasteiger partial charge in [-0.15, -0.1) is 5.10 Å². The molecule has 0 fully saturated rings.